The average Bonchev–Trinajstić information content (AvgIpc) is 2.18. The van der Waals surface area contributed by atoms with E-state index in [4.69, 9.17) is 5.73 Å². The lowest BCUT2D eigenvalue weighted by molar-refractivity contribution is -0.116. The Balaban J connectivity index is 2.43. The Labute approximate surface area is 90.7 Å². The summed E-state index contributed by atoms with van der Waals surface area (Å²) in [6, 6.07) is 9.33. The van der Waals surface area contributed by atoms with E-state index in [1.807, 2.05) is 44.2 Å². The molecule has 3 heteroatoms. The minimum atomic E-state index is -0.0753. The molecule has 0 fully saturated rings. The van der Waals surface area contributed by atoms with Gasteiger partial charge in [0.1, 0.15) is 0 Å². The third-order valence-corrected chi connectivity index (χ3v) is 2.33. The number of rotatable bonds is 4. The smallest absolute Gasteiger partial charge is 0.225 e. The molecule has 3 N–H and O–H groups in total. The molecular formula is C12H18N2O. The highest BCUT2D eigenvalue weighted by atomic mass is 16.1. The van der Waals surface area contributed by atoms with E-state index < -0.39 is 0 Å². The summed E-state index contributed by atoms with van der Waals surface area (Å²) in [5.74, 6) is 0.300. The van der Waals surface area contributed by atoms with Crippen LogP contribution in [0.3, 0.4) is 0 Å². The number of nitrogens with two attached hydrogens (primary N) is 1. The minimum absolute atomic E-state index is 0.0256. The van der Waals surface area contributed by atoms with Gasteiger partial charge >= 0.3 is 0 Å². The van der Waals surface area contributed by atoms with Gasteiger partial charge in [0, 0.05) is 18.2 Å². The molecule has 0 spiro atoms. The first-order valence-electron chi connectivity index (χ1n) is 5.20. The van der Waals surface area contributed by atoms with Crippen LogP contribution in [0.5, 0.6) is 0 Å². The summed E-state index contributed by atoms with van der Waals surface area (Å²) in [7, 11) is 0. The van der Waals surface area contributed by atoms with Gasteiger partial charge in [0.2, 0.25) is 5.91 Å². The van der Waals surface area contributed by atoms with Gasteiger partial charge in [-0.25, -0.2) is 0 Å². The third-order valence-electron chi connectivity index (χ3n) is 2.33. The molecule has 0 aliphatic carbocycles. The van der Waals surface area contributed by atoms with E-state index in [0.717, 1.165) is 5.69 Å². The molecule has 0 saturated carbocycles. The van der Waals surface area contributed by atoms with Gasteiger partial charge in [-0.15, -0.1) is 0 Å². The number of anilines is 1. The lowest BCUT2D eigenvalue weighted by Gasteiger charge is -2.14. The van der Waals surface area contributed by atoms with Gasteiger partial charge in [-0.05, 0) is 18.1 Å². The zero-order valence-corrected chi connectivity index (χ0v) is 9.23. The van der Waals surface area contributed by atoms with Crippen molar-refractivity contribution in [2.75, 3.05) is 5.32 Å². The highest BCUT2D eigenvalue weighted by Crippen LogP contribution is 2.08. The lowest BCUT2D eigenvalue weighted by atomic mass is 10.0. The molecular weight excluding hydrogens is 188 g/mol. The van der Waals surface area contributed by atoms with Crippen LogP contribution < -0.4 is 11.1 Å². The van der Waals surface area contributed by atoms with E-state index in [0.29, 0.717) is 12.3 Å². The van der Waals surface area contributed by atoms with Gasteiger partial charge in [0.05, 0.1) is 0 Å². The molecule has 0 aliphatic heterocycles. The van der Waals surface area contributed by atoms with Gasteiger partial charge in [0.15, 0.2) is 0 Å². The van der Waals surface area contributed by atoms with Gasteiger partial charge in [-0.1, -0.05) is 32.0 Å². The summed E-state index contributed by atoms with van der Waals surface area (Å²) in [6.45, 7) is 4.03. The molecule has 0 bridgehead atoms. The predicted molar refractivity (Wildman–Crippen MR) is 62.5 cm³/mol. The van der Waals surface area contributed by atoms with E-state index in [1.165, 1.54) is 0 Å². The first kappa shape index (κ1) is 11.7. The second kappa shape index (κ2) is 5.51. The highest BCUT2D eigenvalue weighted by molar-refractivity contribution is 5.91. The van der Waals surface area contributed by atoms with E-state index in [1.54, 1.807) is 0 Å². The molecule has 1 atom stereocenters. The normalized spacial score (nSPS) is 12.5. The van der Waals surface area contributed by atoms with Crippen molar-refractivity contribution in [2.24, 2.45) is 11.7 Å². The zero-order valence-electron chi connectivity index (χ0n) is 9.23. The van der Waals surface area contributed by atoms with Crippen molar-refractivity contribution < 1.29 is 4.79 Å². The SMILES string of the molecule is CC(C)C(N)CC(=O)Nc1ccccc1. The van der Waals surface area contributed by atoms with Crippen molar-refractivity contribution in [1.29, 1.82) is 0 Å². The molecule has 0 heterocycles. The molecule has 15 heavy (non-hydrogen) atoms. The van der Waals surface area contributed by atoms with Crippen LogP contribution in [0.25, 0.3) is 0 Å². The van der Waals surface area contributed by atoms with Crippen LogP contribution in [0.4, 0.5) is 5.69 Å². The average molecular weight is 206 g/mol. The van der Waals surface area contributed by atoms with Crippen LogP contribution in [0.15, 0.2) is 30.3 Å². The maximum Gasteiger partial charge on any atom is 0.225 e. The van der Waals surface area contributed by atoms with Crippen molar-refractivity contribution in [2.45, 2.75) is 26.3 Å². The van der Waals surface area contributed by atoms with Crippen LogP contribution in [-0.2, 0) is 4.79 Å². The second-order valence-corrected chi connectivity index (χ2v) is 4.03. The molecule has 3 nitrogen and oxygen atoms in total. The Kier molecular flexibility index (Phi) is 4.31. The maximum atomic E-state index is 11.5. The molecule has 1 aromatic carbocycles. The van der Waals surface area contributed by atoms with E-state index in [2.05, 4.69) is 5.32 Å². The predicted octanol–water partition coefficient (Wildman–Crippen LogP) is 2.00. The Morgan fingerprint density at radius 1 is 1.33 bits per heavy atom. The largest absolute Gasteiger partial charge is 0.327 e. The van der Waals surface area contributed by atoms with Crippen LogP contribution in [-0.4, -0.2) is 11.9 Å². The van der Waals surface area contributed by atoms with Crippen molar-refractivity contribution in [3.63, 3.8) is 0 Å². The first-order valence-corrected chi connectivity index (χ1v) is 5.20. The monoisotopic (exact) mass is 206 g/mol. The van der Waals surface area contributed by atoms with Gasteiger partial charge in [-0.2, -0.15) is 0 Å². The Morgan fingerprint density at radius 3 is 2.47 bits per heavy atom. The number of carbonyl (C=O) groups is 1. The number of carbonyl (C=O) groups excluding carboxylic acids is 1. The van der Waals surface area contributed by atoms with Crippen LogP contribution >= 0.6 is 0 Å². The molecule has 0 saturated heterocycles. The summed E-state index contributed by atoms with van der Waals surface area (Å²) >= 11 is 0. The van der Waals surface area contributed by atoms with Crippen molar-refractivity contribution >= 4 is 11.6 Å². The number of nitrogens with one attached hydrogen (secondary N) is 1. The molecule has 1 amide bonds. The molecule has 1 rings (SSSR count). The number of hydrogen-bond acceptors (Lipinski definition) is 2. The second-order valence-electron chi connectivity index (χ2n) is 4.03. The van der Waals surface area contributed by atoms with Crippen LogP contribution in [0.1, 0.15) is 20.3 Å². The van der Waals surface area contributed by atoms with E-state index in [9.17, 15) is 4.79 Å². The lowest BCUT2D eigenvalue weighted by Crippen LogP contribution is -2.31. The summed E-state index contributed by atoms with van der Waals surface area (Å²) in [5, 5.41) is 2.81. The molecule has 0 aliphatic rings. The molecule has 1 unspecified atom stereocenters. The Morgan fingerprint density at radius 2 is 1.93 bits per heavy atom. The summed E-state index contributed by atoms with van der Waals surface area (Å²) < 4.78 is 0. The van der Waals surface area contributed by atoms with Crippen molar-refractivity contribution in [1.82, 2.24) is 0 Å². The highest BCUT2D eigenvalue weighted by Gasteiger charge is 2.12. The van der Waals surface area contributed by atoms with Crippen molar-refractivity contribution in [3.05, 3.63) is 30.3 Å². The Bertz CT molecular complexity index is 309. The summed E-state index contributed by atoms with van der Waals surface area (Å²) in [4.78, 5) is 11.5. The molecule has 0 radical (unpaired) electrons. The van der Waals surface area contributed by atoms with Gasteiger partial charge < -0.3 is 11.1 Å². The van der Waals surface area contributed by atoms with Crippen LogP contribution in [0.2, 0.25) is 0 Å². The maximum absolute atomic E-state index is 11.5. The molecule has 1 aromatic rings. The zero-order chi connectivity index (χ0) is 11.3. The van der Waals surface area contributed by atoms with Gasteiger partial charge in [0.25, 0.3) is 0 Å². The summed E-state index contributed by atoms with van der Waals surface area (Å²) in [5.41, 5.74) is 6.63. The fourth-order valence-corrected chi connectivity index (χ4v) is 1.18. The minimum Gasteiger partial charge on any atom is -0.327 e. The standard InChI is InChI=1S/C12H18N2O/c1-9(2)11(13)8-12(15)14-10-6-4-3-5-7-10/h3-7,9,11H,8,13H2,1-2H3,(H,14,15). The number of amides is 1. The molecule has 82 valence electrons. The topological polar surface area (TPSA) is 55.1 Å². The van der Waals surface area contributed by atoms with Gasteiger partial charge in [-0.3, -0.25) is 4.79 Å². The summed E-state index contributed by atoms with van der Waals surface area (Å²) in [6.07, 6.45) is 0.368. The van der Waals surface area contributed by atoms with Crippen LogP contribution in [0, 0.1) is 5.92 Å². The van der Waals surface area contributed by atoms with Crippen molar-refractivity contribution in [3.8, 4) is 0 Å². The number of hydrogen-bond donors (Lipinski definition) is 2. The Hall–Kier alpha value is -1.35. The quantitative estimate of drug-likeness (QED) is 0.791. The van der Waals surface area contributed by atoms with E-state index >= 15 is 0 Å². The number of para-hydroxylation sites is 1. The molecule has 0 aromatic heterocycles. The van der Waals surface area contributed by atoms with E-state index in [-0.39, 0.29) is 11.9 Å². The third kappa shape index (κ3) is 4.13. The fraction of sp³-hybridized carbons (Fsp3) is 0.417. The first-order chi connectivity index (χ1) is 7.09. The number of benzene rings is 1. The fourth-order valence-electron chi connectivity index (χ4n) is 1.18.